The molecule has 3 rings (SSSR count). The molecule has 1 saturated heterocycles. The number of likely N-dealkylation sites (tertiary alicyclic amines) is 1. The van der Waals surface area contributed by atoms with Gasteiger partial charge in [-0.1, -0.05) is 6.92 Å². The molecular formula is C17H22N4O2. The topological polar surface area (TPSA) is 71.3 Å². The van der Waals surface area contributed by atoms with Crippen molar-refractivity contribution in [2.24, 2.45) is 0 Å². The third kappa shape index (κ3) is 3.70. The molecule has 3 heterocycles. The van der Waals surface area contributed by atoms with Gasteiger partial charge in [0, 0.05) is 25.6 Å². The first kappa shape index (κ1) is 15.5. The molecule has 6 heteroatoms. The highest BCUT2D eigenvalue weighted by molar-refractivity contribution is 5.91. The zero-order chi connectivity index (χ0) is 16.2. The van der Waals surface area contributed by atoms with Crippen LogP contribution in [0.1, 0.15) is 41.8 Å². The van der Waals surface area contributed by atoms with Gasteiger partial charge in [-0.15, -0.1) is 5.10 Å². The monoisotopic (exact) mass is 314 g/mol. The van der Waals surface area contributed by atoms with Gasteiger partial charge in [0.25, 0.3) is 5.91 Å². The van der Waals surface area contributed by atoms with Crippen molar-refractivity contribution in [1.82, 2.24) is 15.1 Å². The van der Waals surface area contributed by atoms with Crippen LogP contribution in [0.2, 0.25) is 0 Å². The maximum absolute atomic E-state index is 12.4. The van der Waals surface area contributed by atoms with Crippen LogP contribution in [0.4, 0.5) is 5.82 Å². The van der Waals surface area contributed by atoms with Crippen LogP contribution in [0.5, 0.6) is 0 Å². The van der Waals surface area contributed by atoms with E-state index >= 15 is 0 Å². The van der Waals surface area contributed by atoms with Crippen molar-refractivity contribution in [1.29, 1.82) is 0 Å². The van der Waals surface area contributed by atoms with Gasteiger partial charge in [-0.05, 0) is 44.0 Å². The summed E-state index contributed by atoms with van der Waals surface area (Å²) in [6, 6.07) is 7.84. The molecule has 1 aliphatic heterocycles. The van der Waals surface area contributed by atoms with Gasteiger partial charge in [-0.3, -0.25) is 4.79 Å². The molecule has 1 amide bonds. The molecule has 0 aliphatic carbocycles. The first-order chi connectivity index (χ1) is 11.2. The molecular weight excluding hydrogens is 292 g/mol. The van der Waals surface area contributed by atoms with E-state index in [0.29, 0.717) is 11.8 Å². The largest absolute Gasteiger partial charge is 0.456 e. The summed E-state index contributed by atoms with van der Waals surface area (Å²) in [5, 5.41) is 11.6. The summed E-state index contributed by atoms with van der Waals surface area (Å²) >= 11 is 0. The molecule has 23 heavy (non-hydrogen) atoms. The van der Waals surface area contributed by atoms with Crippen molar-refractivity contribution in [3.05, 3.63) is 41.5 Å². The number of hydrogen-bond donors (Lipinski definition) is 1. The van der Waals surface area contributed by atoms with Crippen LogP contribution >= 0.6 is 0 Å². The van der Waals surface area contributed by atoms with Crippen LogP contribution in [0.3, 0.4) is 0 Å². The Kier molecular flexibility index (Phi) is 4.60. The summed E-state index contributed by atoms with van der Waals surface area (Å²) in [6.45, 7) is 5.37. The van der Waals surface area contributed by atoms with E-state index in [2.05, 4.69) is 15.5 Å². The average Bonchev–Trinajstić information content (AvgIpc) is 3.06. The molecule has 0 atom stereocenters. The minimum Gasteiger partial charge on any atom is -0.456 e. The molecule has 1 fully saturated rings. The SMILES string of the molecule is CCc1ccc(C(=O)N2CCC(Nc3ccc(C)nn3)CC2)o1. The number of aromatic nitrogens is 2. The number of piperidine rings is 1. The molecule has 0 radical (unpaired) electrons. The lowest BCUT2D eigenvalue weighted by atomic mass is 10.0. The predicted octanol–water partition coefficient (Wildman–Crippen LogP) is 2.66. The second-order valence-electron chi connectivity index (χ2n) is 5.89. The fourth-order valence-electron chi connectivity index (χ4n) is 2.75. The molecule has 0 spiro atoms. The number of carbonyl (C=O) groups is 1. The lowest BCUT2D eigenvalue weighted by molar-refractivity contribution is 0.0684. The molecule has 0 bridgehead atoms. The molecule has 0 unspecified atom stereocenters. The summed E-state index contributed by atoms with van der Waals surface area (Å²) in [7, 11) is 0. The van der Waals surface area contributed by atoms with E-state index < -0.39 is 0 Å². The first-order valence-corrected chi connectivity index (χ1v) is 8.10. The number of rotatable bonds is 4. The highest BCUT2D eigenvalue weighted by Crippen LogP contribution is 2.18. The molecule has 1 aliphatic rings. The Bertz CT molecular complexity index is 657. The van der Waals surface area contributed by atoms with E-state index in [9.17, 15) is 4.79 Å². The van der Waals surface area contributed by atoms with Gasteiger partial charge in [0.05, 0.1) is 5.69 Å². The van der Waals surface area contributed by atoms with Gasteiger partial charge in [-0.2, -0.15) is 5.10 Å². The van der Waals surface area contributed by atoms with Crippen molar-refractivity contribution in [3.63, 3.8) is 0 Å². The second-order valence-corrected chi connectivity index (χ2v) is 5.89. The lowest BCUT2D eigenvalue weighted by Gasteiger charge is -2.32. The molecule has 0 saturated carbocycles. The zero-order valence-corrected chi connectivity index (χ0v) is 13.6. The van der Waals surface area contributed by atoms with E-state index in [1.54, 1.807) is 6.07 Å². The van der Waals surface area contributed by atoms with Gasteiger partial charge in [0.1, 0.15) is 11.6 Å². The fourth-order valence-corrected chi connectivity index (χ4v) is 2.75. The van der Waals surface area contributed by atoms with Gasteiger partial charge in [-0.25, -0.2) is 0 Å². The number of carbonyl (C=O) groups excluding carboxylic acids is 1. The number of nitrogens with one attached hydrogen (secondary N) is 1. The Labute approximate surface area is 135 Å². The van der Waals surface area contributed by atoms with Crippen LogP contribution < -0.4 is 5.32 Å². The number of aryl methyl sites for hydroxylation is 2. The lowest BCUT2D eigenvalue weighted by Crippen LogP contribution is -2.42. The average molecular weight is 314 g/mol. The second kappa shape index (κ2) is 6.81. The molecule has 0 aromatic carbocycles. The Morgan fingerprint density at radius 2 is 2.04 bits per heavy atom. The Balaban J connectivity index is 1.53. The Hall–Kier alpha value is -2.37. The summed E-state index contributed by atoms with van der Waals surface area (Å²) < 4.78 is 5.56. The molecule has 6 nitrogen and oxygen atoms in total. The number of amides is 1. The third-order valence-corrected chi connectivity index (χ3v) is 4.15. The van der Waals surface area contributed by atoms with Crippen LogP contribution in [-0.2, 0) is 6.42 Å². The molecule has 2 aromatic rings. The summed E-state index contributed by atoms with van der Waals surface area (Å²) in [5.41, 5.74) is 0.904. The molecule has 2 aromatic heterocycles. The maximum Gasteiger partial charge on any atom is 0.289 e. The van der Waals surface area contributed by atoms with Gasteiger partial charge < -0.3 is 14.6 Å². The fraction of sp³-hybridized carbons (Fsp3) is 0.471. The van der Waals surface area contributed by atoms with E-state index in [4.69, 9.17) is 4.42 Å². The minimum atomic E-state index is -0.0155. The number of anilines is 1. The van der Waals surface area contributed by atoms with Gasteiger partial charge in [0.15, 0.2) is 5.76 Å². The van der Waals surface area contributed by atoms with Crippen molar-refractivity contribution < 1.29 is 9.21 Å². The Morgan fingerprint density at radius 1 is 1.26 bits per heavy atom. The van der Waals surface area contributed by atoms with Crippen molar-refractivity contribution in [2.75, 3.05) is 18.4 Å². The number of nitrogens with zero attached hydrogens (tertiary/aromatic N) is 3. The summed E-state index contributed by atoms with van der Waals surface area (Å²) in [6.07, 6.45) is 2.59. The predicted molar refractivity (Wildman–Crippen MR) is 87.4 cm³/mol. The summed E-state index contributed by atoms with van der Waals surface area (Å²) in [5.74, 6) is 2.07. The standard InChI is InChI=1S/C17H22N4O2/c1-3-14-5-6-15(23-14)17(22)21-10-8-13(9-11-21)18-16-7-4-12(2)19-20-16/h4-7,13H,3,8-11H2,1-2H3,(H,18,20). The summed E-state index contributed by atoms with van der Waals surface area (Å²) in [4.78, 5) is 14.3. The quantitative estimate of drug-likeness (QED) is 0.939. The maximum atomic E-state index is 12.4. The van der Waals surface area contributed by atoms with E-state index in [1.165, 1.54) is 0 Å². The van der Waals surface area contributed by atoms with Crippen LogP contribution in [0, 0.1) is 6.92 Å². The Morgan fingerprint density at radius 3 is 2.65 bits per heavy atom. The normalized spacial score (nSPS) is 15.7. The highest BCUT2D eigenvalue weighted by atomic mass is 16.4. The van der Waals surface area contributed by atoms with E-state index in [0.717, 1.165) is 49.6 Å². The highest BCUT2D eigenvalue weighted by Gasteiger charge is 2.25. The van der Waals surface area contributed by atoms with Crippen molar-refractivity contribution in [2.45, 2.75) is 39.2 Å². The number of furan rings is 1. The van der Waals surface area contributed by atoms with Crippen molar-refractivity contribution in [3.8, 4) is 0 Å². The van der Waals surface area contributed by atoms with Gasteiger partial charge >= 0.3 is 0 Å². The third-order valence-electron chi connectivity index (χ3n) is 4.15. The number of hydrogen-bond acceptors (Lipinski definition) is 5. The minimum absolute atomic E-state index is 0.0155. The van der Waals surface area contributed by atoms with Crippen LogP contribution in [-0.4, -0.2) is 40.1 Å². The van der Waals surface area contributed by atoms with Crippen molar-refractivity contribution >= 4 is 11.7 Å². The van der Waals surface area contributed by atoms with E-state index in [1.807, 2.05) is 36.9 Å². The van der Waals surface area contributed by atoms with Gasteiger partial charge in [0.2, 0.25) is 0 Å². The van der Waals surface area contributed by atoms with Crippen LogP contribution in [0.25, 0.3) is 0 Å². The first-order valence-electron chi connectivity index (χ1n) is 8.10. The molecule has 1 N–H and O–H groups in total. The van der Waals surface area contributed by atoms with E-state index in [-0.39, 0.29) is 5.91 Å². The molecule has 122 valence electrons. The smallest absolute Gasteiger partial charge is 0.289 e. The van der Waals surface area contributed by atoms with Crippen LogP contribution in [0.15, 0.2) is 28.7 Å². The zero-order valence-electron chi connectivity index (χ0n) is 13.6.